The molecule has 7 nitrogen and oxygen atoms in total. The number of anilines is 1. The Labute approximate surface area is 225 Å². The Bertz CT molecular complexity index is 1100. The van der Waals surface area contributed by atoms with Crippen LogP contribution in [0.2, 0.25) is 0 Å². The van der Waals surface area contributed by atoms with Crippen LogP contribution in [-0.2, 0) is 9.59 Å². The van der Waals surface area contributed by atoms with Gasteiger partial charge in [0.25, 0.3) is 0 Å². The minimum Gasteiger partial charge on any atom is -0.477 e. The number of alkyl halides is 3. The first-order chi connectivity index (χ1) is 18.0. The molecule has 2 aliphatic rings. The first kappa shape index (κ1) is 29.6. The summed E-state index contributed by atoms with van der Waals surface area (Å²) in [4.78, 5) is 37.8. The van der Waals surface area contributed by atoms with Gasteiger partial charge in [-0.15, -0.1) is 11.3 Å². The minimum atomic E-state index is -5.08. The van der Waals surface area contributed by atoms with Crippen LogP contribution < -0.4 is 10.2 Å². The van der Waals surface area contributed by atoms with E-state index in [2.05, 4.69) is 12.2 Å². The SMILES string of the molecule is CC1CCC(C(=O)N(CC2CCC[NH2+]C2)c2cc(-c3ccccc3)sc2C(=O)O)CC1.O=C(O)C(F)(F)F.[HH]. The molecule has 1 amide bonds. The minimum absolute atomic E-state index is 0. The van der Waals surface area contributed by atoms with Crippen LogP contribution in [0.5, 0.6) is 0 Å². The van der Waals surface area contributed by atoms with E-state index in [1.807, 2.05) is 41.3 Å². The maximum atomic E-state index is 13.7. The third-order valence-corrected chi connectivity index (χ3v) is 8.25. The smallest absolute Gasteiger partial charge is 0.477 e. The molecule has 2 aromatic rings. The maximum absolute atomic E-state index is 13.7. The molecule has 4 N–H and O–H groups in total. The van der Waals surface area contributed by atoms with E-state index in [1.54, 1.807) is 0 Å². The fourth-order valence-corrected chi connectivity index (χ4v) is 5.97. The van der Waals surface area contributed by atoms with Crippen LogP contribution in [-0.4, -0.2) is 53.9 Å². The van der Waals surface area contributed by atoms with Gasteiger partial charge in [0.05, 0.1) is 18.8 Å². The molecule has 2 fully saturated rings. The van der Waals surface area contributed by atoms with Crippen molar-refractivity contribution in [1.82, 2.24) is 0 Å². The Morgan fingerprint density at radius 1 is 1.08 bits per heavy atom. The second-order valence-corrected chi connectivity index (χ2v) is 11.1. The molecule has 1 atom stereocenters. The van der Waals surface area contributed by atoms with Crippen molar-refractivity contribution in [3.05, 3.63) is 41.3 Å². The number of carbonyl (C=O) groups excluding carboxylic acids is 1. The van der Waals surface area contributed by atoms with Crippen LogP contribution in [0.25, 0.3) is 10.4 Å². The number of nitrogens with zero attached hydrogens (tertiary/aromatic N) is 1. The lowest BCUT2D eigenvalue weighted by Gasteiger charge is -2.33. The second-order valence-electron chi connectivity index (χ2n) is 10.0. The molecular formula is C27H36F3N2O5S+. The number of hydrogen-bond acceptors (Lipinski definition) is 4. The highest BCUT2D eigenvalue weighted by Crippen LogP contribution is 2.39. The van der Waals surface area contributed by atoms with Gasteiger partial charge in [-0.1, -0.05) is 37.3 Å². The van der Waals surface area contributed by atoms with E-state index in [0.29, 0.717) is 24.1 Å². The molecule has 1 aliphatic heterocycles. The summed E-state index contributed by atoms with van der Waals surface area (Å²) < 4.78 is 31.7. The predicted molar refractivity (Wildman–Crippen MR) is 140 cm³/mol. The number of amides is 1. The van der Waals surface area contributed by atoms with Crippen molar-refractivity contribution in [2.45, 2.75) is 51.6 Å². The second kappa shape index (κ2) is 13.2. The molecule has 38 heavy (non-hydrogen) atoms. The summed E-state index contributed by atoms with van der Waals surface area (Å²) in [5.74, 6) is -2.50. The number of aliphatic carboxylic acids is 1. The van der Waals surface area contributed by atoms with E-state index >= 15 is 0 Å². The Morgan fingerprint density at radius 2 is 1.71 bits per heavy atom. The molecule has 2 heterocycles. The van der Waals surface area contributed by atoms with Crippen LogP contribution >= 0.6 is 11.3 Å². The van der Waals surface area contributed by atoms with E-state index in [1.165, 1.54) is 11.3 Å². The highest BCUT2D eigenvalue weighted by molar-refractivity contribution is 7.18. The summed E-state index contributed by atoms with van der Waals surface area (Å²) in [6, 6.07) is 11.8. The van der Waals surface area contributed by atoms with Gasteiger partial charge in [0.1, 0.15) is 4.88 Å². The highest BCUT2D eigenvalue weighted by atomic mass is 32.1. The zero-order valence-corrected chi connectivity index (χ0v) is 22.1. The number of nitrogens with two attached hydrogens (primary N) is 1. The summed E-state index contributed by atoms with van der Waals surface area (Å²) in [7, 11) is 0. The third kappa shape index (κ3) is 8.04. The van der Waals surface area contributed by atoms with Gasteiger partial charge in [-0.25, -0.2) is 9.59 Å². The van der Waals surface area contributed by atoms with E-state index in [-0.39, 0.29) is 18.1 Å². The average Bonchev–Trinajstić information content (AvgIpc) is 3.34. The Morgan fingerprint density at radius 3 is 2.24 bits per heavy atom. The Kier molecular flexibility index (Phi) is 10.3. The van der Waals surface area contributed by atoms with Crippen molar-refractivity contribution in [2.75, 3.05) is 24.5 Å². The van der Waals surface area contributed by atoms with Gasteiger partial charge in [-0.2, -0.15) is 13.2 Å². The van der Waals surface area contributed by atoms with Gasteiger partial charge < -0.3 is 20.4 Å². The molecule has 0 spiro atoms. The molecule has 1 aromatic heterocycles. The summed E-state index contributed by atoms with van der Waals surface area (Å²) in [5.41, 5.74) is 1.58. The van der Waals surface area contributed by atoms with Crippen molar-refractivity contribution in [3.63, 3.8) is 0 Å². The van der Waals surface area contributed by atoms with Gasteiger partial charge in [-0.3, -0.25) is 4.79 Å². The number of carboxylic acids is 2. The molecule has 1 saturated carbocycles. The van der Waals surface area contributed by atoms with Crippen molar-refractivity contribution in [2.24, 2.45) is 17.8 Å². The molecule has 1 saturated heterocycles. The first-order valence-electron chi connectivity index (χ1n) is 12.8. The van der Waals surface area contributed by atoms with Gasteiger partial charge in [0.2, 0.25) is 5.91 Å². The standard InChI is InChI=1S/C25H32N2O3S.C2HF3O2.H2/c1-17-9-11-20(12-10-17)24(28)27(16-18-6-5-13-26-15-18)21-14-22(31-23(21)25(29)30)19-7-3-2-4-8-19;3-2(4,5)1(6)7;/h2-4,7-8,14,17-18,20,26H,5-6,9-13,15-16H2,1H3,(H,29,30);(H,6,7);1H/p+1. The zero-order valence-electron chi connectivity index (χ0n) is 21.2. The van der Waals surface area contributed by atoms with Gasteiger partial charge in [0, 0.05) is 24.7 Å². The van der Waals surface area contributed by atoms with Crippen LogP contribution in [0.15, 0.2) is 36.4 Å². The number of halogens is 3. The van der Waals surface area contributed by atoms with Crippen molar-refractivity contribution in [3.8, 4) is 10.4 Å². The molecule has 1 aromatic carbocycles. The van der Waals surface area contributed by atoms with Crippen molar-refractivity contribution >= 4 is 34.9 Å². The molecule has 1 unspecified atom stereocenters. The monoisotopic (exact) mass is 557 g/mol. The lowest BCUT2D eigenvalue weighted by molar-refractivity contribution is -0.668. The van der Waals surface area contributed by atoms with Crippen LogP contribution in [0.3, 0.4) is 0 Å². The van der Waals surface area contributed by atoms with Gasteiger partial charge >= 0.3 is 18.1 Å². The van der Waals surface area contributed by atoms with Crippen LogP contribution in [0.4, 0.5) is 18.9 Å². The molecule has 0 radical (unpaired) electrons. The largest absolute Gasteiger partial charge is 0.490 e. The van der Waals surface area contributed by atoms with E-state index in [9.17, 15) is 27.9 Å². The lowest BCUT2D eigenvalue weighted by atomic mass is 9.82. The first-order valence-corrected chi connectivity index (χ1v) is 13.6. The van der Waals surface area contributed by atoms with E-state index in [4.69, 9.17) is 9.90 Å². The Balaban J connectivity index is 0.000000592. The lowest BCUT2D eigenvalue weighted by Crippen LogP contribution is -2.87. The van der Waals surface area contributed by atoms with E-state index < -0.39 is 18.1 Å². The number of quaternary nitrogens is 1. The number of thiophene rings is 1. The topological polar surface area (TPSA) is 112 Å². The van der Waals surface area contributed by atoms with Crippen molar-refractivity contribution < 1.29 is 44.5 Å². The zero-order chi connectivity index (χ0) is 27.9. The van der Waals surface area contributed by atoms with Crippen LogP contribution in [0.1, 0.15) is 56.5 Å². The van der Waals surface area contributed by atoms with Gasteiger partial charge in [-0.05, 0) is 56.1 Å². The number of carboxylic acid groups (broad SMARTS) is 2. The third-order valence-electron chi connectivity index (χ3n) is 7.09. The molecular weight excluding hydrogens is 521 g/mol. The fourth-order valence-electron chi connectivity index (χ4n) is 4.96. The van der Waals surface area contributed by atoms with Crippen LogP contribution in [0, 0.1) is 17.8 Å². The molecule has 0 bridgehead atoms. The quantitative estimate of drug-likeness (QED) is 0.456. The molecule has 1 aliphatic carbocycles. The van der Waals surface area contributed by atoms with E-state index in [0.717, 1.165) is 62.1 Å². The highest BCUT2D eigenvalue weighted by Gasteiger charge is 2.38. The average molecular weight is 558 g/mol. The van der Waals surface area contributed by atoms with Gasteiger partial charge in [0.15, 0.2) is 0 Å². The predicted octanol–water partition coefficient (Wildman–Crippen LogP) is 5.13. The maximum Gasteiger partial charge on any atom is 0.490 e. The summed E-state index contributed by atoms with van der Waals surface area (Å²) in [6.07, 6.45) is 1.13. The number of piperidine rings is 1. The molecule has 4 rings (SSSR count). The molecule has 11 heteroatoms. The number of aromatic carboxylic acids is 1. The summed E-state index contributed by atoms with van der Waals surface area (Å²) >= 11 is 1.27. The Hall–Kier alpha value is -2.92. The summed E-state index contributed by atoms with van der Waals surface area (Å²) in [5, 5.41) is 19.4. The molecule has 210 valence electrons. The number of benzene rings is 1. The number of carbonyl (C=O) groups is 3. The normalized spacial score (nSPS) is 21.6. The van der Waals surface area contributed by atoms with Crippen molar-refractivity contribution in [1.29, 1.82) is 0 Å². The number of hydrogen-bond donors (Lipinski definition) is 3. The number of rotatable bonds is 6. The summed E-state index contributed by atoms with van der Waals surface area (Å²) in [6.45, 7) is 5.02. The fraction of sp³-hybridized carbons (Fsp3) is 0.519.